The first-order chi connectivity index (χ1) is 42.4. The predicted molar refractivity (Wildman–Crippen MR) is 327 cm³/mol. The van der Waals surface area contributed by atoms with Crippen molar-refractivity contribution >= 4 is 92.4 Å². The number of nitrogens with two attached hydrogens (primary N) is 1. The van der Waals surface area contributed by atoms with Gasteiger partial charge in [-0.2, -0.15) is 0 Å². The summed E-state index contributed by atoms with van der Waals surface area (Å²) < 4.78 is 33.8. The van der Waals surface area contributed by atoms with Gasteiger partial charge in [0.2, 0.25) is 71.4 Å². The minimum atomic E-state index is -2.83. The first kappa shape index (κ1) is 75.0. The molecule has 90 heavy (non-hydrogen) atoms. The van der Waals surface area contributed by atoms with Crippen LogP contribution in [0.2, 0.25) is 0 Å². The summed E-state index contributed by atoms with van der Waals surface area (Å²) in [5.41, 5.74) is 4.54. The average Bonchev–Trinajstić information content (AvgIpc) is 1.59. The number of hydrogen-bond donors (Lipinski definition) is 14. The summed E-state index contributed by atoms with van der Waals surface area (Å²) in [6.07, 6.45) is -4.73. The molecule has 1 saturated heterocycles. The molecule has 1 saturated carbocycles. The number of carbonyl (C=O) groups excluding carboxylic acids is 12. The Labute approximate surface area is 526 Å². The molecule has 2 fully saturated rings. The first-order valence-electron chi connectivity index (χ1n) is 30.6. The summed E-state index contributed by atoms with van der Waals surface area (Å²) in [5, 5.41) is 52.0. The molecule has 17 atom stereocenters. The number of rotatable bonds is 32. The average molecular weight is 1290 g/mol. The maximum absolute atomic E-state index is 14.4. The van der Waals surface area contributed by atoms with E-state index in [0.29, 0.717) is 19.3 Å². The van der Waals surface area contributed by atoms with Crippen LogP contribution < -0.4 is 64.2 Å². The lowest BCUT2D eigenvalue weighted by atomic mass is 9.94. The Morgan fingerprint density at radius 3 is 1.70 bits per heavy atom. The van der Waals surface area contributed by atoms with E-state index in [1.807, 2.05) is 29.6 Å². The Balaban J connectivity index is 1.52. The van der Waals surface area contributed by atoms with Crippen LogP contribution in [0.3, 0.4) is 0 Å². The number of ether oxygens (including phenoxy) is 1. The highest BCUT2D eigenvalue weighted by Gasteiger charge is 2.62. The van der Waals surface area contributed by atoms with Crippen molar-refractivity contribution < 1.29 is 81.3 Å². The largest absolute Gasteiger partial charge is 0.458 e. The number of amides is 11. The van der Waals surface area contributed by atoms with E-state index >= 15 is 0 Å². The van der Waals surface area contributed by atoms with Crippen molar-refractivity contribution in [3.8, 4) is 0 Å². The van der Waals surface area contributed by atoms with Crippen molar-refractivity contribution in [1.29, 1.82) is 0 Å². The fourth-order valence-electron chi connectivity index (χ4n) is 10.3. The van der Waals surface area contributed by atoms with E-state index in [2.05, 4.69) is 58.5 Å². The van der Waals surface area contributed by atoms with Crippen molar-refractivity contribution in [2.24, 2.45) is 35.3 Å². The van der Waals surface area contributed by atoms with Gasteiger partial charge >= 0.3 is 5.97 Å². The Bertz CT molecular complexity index is 2890. The maximum Gasteiger partial charge on any atom is 0.329 e. The first-order valence-corrected chi connectivity index (χ1v) is 31.5. The van der Waals surface area contributed by atoms with Crippen LogP contribution in [0, 0.1) is 29.6 Å². The van der Waals surface area contributed by atoms with E-state index in [1.165, 1.54) is 25.2 Å². The van der Waals surface area contributed by atoms with E-state index in [9.17, 15) is 76.5 Å². The molecule has 1 spiro atoms. The molecule has 27 nitrogen and oxygen atoms in total. The monoisotopic (exact) mass is 1290 g/mol. The number of likely N-dealkylation sites (N-methyl/N-ethyl adjacent to an activating group) is 1. The van der Waals surface area contributed by atoms with Crippen molar-refractivity contribution in [2.75, 3.05) is 20.3 Å². The number of cyclic esters (lactones) is 1. The molecule has 1 aromatic carbocycles. The molecule has 1 aliphatic heterocycles. The Hall–Kier alpha value is -7.44. The highest BCUT2D eigenvalue weighted by Crippen LogP contribution is 2.48. The SMILES string of the molecule is CC[C@H](C)[C@H](NC(=O)[C@@H](Cc1csc2ccccc12)NC)C(=O)N[C@@H](CO)C(=O)N[C@H](CCC(N)=O)C(=O)N[C@@H](C(=O)N[C@H](C(=O)N[C@@H](CO)C(=O)N[C@H]1C(=O)N[C@@H](C)C(=O)N[C@@]2(C[C@H]2CC(F)F)C(=O)N[C@@H]([C@@H](C)CC)C(=O)O[C@H]1C)[C@@H](C)CC)[C@@H](C)CC. The number of primary amides is 1. The molecule has 11 amide bonds. The van der Waals surface area contributed by atoms with Crippen LogP contribution in [-0.2, 0) is 68.7 Å². The number of hydrogen-bond acceptors (Lipinski definition) is 17. The maximum atomic E-state index is 14.4. The summed E-state index contributed by atoms with van der Waals surface area (Å²) in [6.45, 7) is 13.7. The van der Waals surface area contributed by atoms with Crippen molar-refractivity contribution in [3.63, 3.8) is 0 Å². The summed E-state index contributed by atoms with van der Waals surface area (Å²) >= 11 is 1.53. The standard InChI is InChI=1S/C60H92F2N12O15S/c1-12-28(5)44(70-51(80)38(64-11)22-34-27-90-41-19-17-16-18-36(34)41)54(83)67-39(25-75)52(81)66-37(20-21-43(63)77)50(79)69-46(30(7)14-3)56(85)71-45(29(6)13-2)55(84)68-40(26-76)53(82)72-48-33(10)89-58(87)47(31(8)15-4)73-59(88)60(24-35(60)23-42(61)62)74-49(78)32(9)65-57(48)86/h16-19,27-33,35,37-40,42,44-48,64,75-76H,12-15,20-26H2,1-11H3,(H2,63,77)(H,65,86)(H,66,81)(H,67,83)(H,68,84)(H,69,79)(H,70,80)(H,71,85)(H,72,82)(H,73,88)(H,74,78)/t28-,29-,30-,31-,32-,33-,35+,37+,38+,39-,40-,44-,45-,46+,47-,48+,60+/m0/s1. The zero-order valence-corrected chi connectivity index (χ0v) is 53.7. The quantitative estimate of drug-likeness (QED) is 0.0404. The van der Waals surface area contributed by atoms with Gasteiger partial charge in [0.05, 0.1) is 19.3 Å². The van der Waals surface area contributed by atoms with Crippen LogP contribution >= 0.6 is 11.3 Å². The van der Waals surface area contributed by atoms with Gasteiger partial charge in [0.25, 0.3) is 0 Å². The number of halogens is 2. The third-order valence-electron chi connectivity index (χ3n) is 17.1. The molecular formula is C60H92F2N12O15S. The molecule has 2 aromatic rings. The number of aliphatic hydroxyl groups excluding tert-OH is 2. The zero-order valence-electron chi connectivity index (χ0n) is 52.9. The molecular weight excluding hydrogens is 1200 g/mol. The van der Waals surface area contributed by atoms with Gasteiger partial charge in [-0.05, 0) is 92.1 Å². The van der Waals surface area contributed by atoms with Crippen LogP contribution in [0.5, 0.6) is 0 Å². The van der Waals surface area contributed by atoms with E-state index in [4.69, 9.17) is 10.5 Å². The second kappa shape index (κ2) is 34.7. The number of carbonyl (C=O) groups is 12. The molecule has 30 heteroatoms. The van der Waals surface area contributed by atoms with Crippen LogP contribution in [0.15, 0.2) is 29.6 Å². The molecule has 2 heterocycles. The van der Waals surface area contributed by atoms with Gasteiger partial charge in [-0.15, -0.1) is 11.3 Å². The molecule has 15 N–H and O–H groups in total. The number of benzene rings is 1. The molecule has 2 aliphatic rings. The molecule has 0 unspecified atom stereocenters. The van der Waals surface area contributed by atoms with E-state index in [1.54, 1.807) is 62.4 Å². The number of alkyl halides is 2. The summed E-state index contributed by atoms with van der Waals surface area (Å²) in [6, 6.07) is -7.08. The lowest BCUT2D eigenvalue weighted by Gasteiger charge is -2.31. The van der Waals surface area contributed by atoms with E-state index in [0.717, 1.165) is 15.6 Å². The third kappa shape index (κ3) is 20.0. The van der Waals surface area contributed by atoms with E-state index in [-0.39, 0.29) is 19.3 Å². The van der Waals surface area contributed by atoms with Crippen LogP contribution in [-0.4, -0.2) is 180 Å². The van der Waals surface area contributed by atoms with Gasteiger partial charge in [-0.1, -0.05) is 99.3 Å². The fourth-order valence-corrected chi connectivity index (χ4v) is 11.2. The normalized spacial score (nSPS) is 23.2. The van der Waals surface area contributed by atoms with Gasteiger partial charge < -0.3 is 79.2 Å². The number of thiophene rings is 1. The molecule has 1 aliphatic carbocycles. The van der Waals surface area contributed by atoms with E-state index < -0.39 is 212 Å². The number of fused-ring (bicyclic) bond motifs is 1. The summed E-state index contributed by atoms with van der Waals surface area (Å²) in [7, 11) is 1.61. The lowest BCUT2D eigenvalue weighted by Crippen LogP contribution is -2.63. The van der Waals surface area contributed by atoms with Crippen LogP contribution in [0.4, 0.5) is 8.78 Å². The van der Waals surface area contributed by atoms with Gasteiger partial charge in [0, 0.05) is 17.5 Å². The van der Waals surface area contributed by atoms with Crippen LogP contribution in [0.1, 0.15) is 126 Å². The van der Waals surface area contributed by atoms with Gasteiger partial charge in [-0.3, -0.25) is 52.7 Å². The number of esters is 1. The minimum absolute atomic E-state index is 0.184. The highest BCUT2D eigenvalue weighted by atomic mass is 32.1. The Morgan fingerprint density at radius 1 is 0.689 bits per heavy atom. The predicted octanol–water partition coefficient (Wildman–Crippen LogP) is -0.675. The van der Waals surface area contributed by atoms with Crippen molar-refractivity contribution in [3.05, 3.63) is 35.2 Å². The zero-order chi connectivity index (χ0) is 67.5. The lowest BCUT2D eigenvalue weighted by molar-refractivity contribution is -0.157. The second-order valence-electron chi connectivity index (χ2n) is 23.7. The Kier molecular flexibility index (Phi) is 28.9. The molecule has 502 valence electrons. The number of nitrogens with one attached hydrogen (secondary N) is 11. The minimum Gasteiger partial charge on any atom is -0.458 e. The second-order valence-corrected chi connectivity index (χ2v) is 24.6. The summed E-state index contributed by atoms with van der Waals surface area (Å²) in [5.74, 6) is -15.0. The molecule has 0 bridgehead atoms. The van der Waals surface area contributed by atoms with Gasteiger partial charge in [0.1, 0.15) is 66.0 Å². The van der Waals surface area contributed by atoms with Gasteiger partial charge in [-0.25, -0.2) is 13.6 Å². The molecule has 1 aromatic heterocycles. The van der Waals surface area contributed by atoms with Crippen molar-refractivity contribution in [1.82, 2.24) is 58.5 Å². The fraction of sp³-hybridized carbons (Fsp3) is 0.667. The summed E-state index contributed by atoms with van der Waals surface area (Å²) in [4.78, 5) is 166. The Morgan fingerprint density at radius 2 is 1.19 bits per heavy atom. The van der Waals surface area contributed by atoms with Crippen molar-refractivity contribution in [2.45, 2.75) is 206 Å². The van der Waals surface area contributed by atoms with Crippen LogP contribution in [0.25, 0.3) is 10.1 Å². The number of aliphatic hydroxyl groups is 2. The third-order valence-corrected chi connectivity index (χ3v) is 18.2. The topological polar surface area (TPSA) is 413 Å². The smallest absolute Gasteiger partial charge is 0.329 e. The van der Waals surface area contributed by atoms with Gasteiger partial charge in [0.15, 0.2) is 0 Å². The molecule has 4 rings (SSSR count). The molecule has 0 radical (unpaired) electrons. The highest BCUT2D eigenvalue weighted by molar-refractivity contribution is 7.17.